The number of hydrogen-bond acceptors (Lipinski definition) is 4. The van der Waals surface area contributed by atoms with Crippen molar-refractivity contribution in [1.82, 2.24) is 0 Å². The van der Waals surface area contributed by atoms with Gasteiger partial charge in [-0.05, 0) is 18.4 Å². The van der Waals surface area contributed by atoms with Gasteiger partial charge >= 0.3 is 0 Å². The average molecular weight is 256 g/mol. The summed E-state index contributed by atoms with van der Waals surface area (Å²) in [5, 5.41) is 0. The van der Waals surface area contributed by atoms with Gasteiger partial charge in [-0.25, -0.2) is 0 Å². The highest BCUT2D eigenvalue weighted by molar-refractivity contribution is 7.86. The highest BCUT2D eigenvalue weighted by Crippen LogP contribution is 2.28. The van der Waals surface area contributed by atoms with Crippen molar-refractivity contribution in [2.45, 2.75) is 31.7 Å². The smallest absolute Gasteiger partial charge is 0.264 e. The van der Waals surface area contributed by atoms with Crippen LogP contribution in [0.25, 0.3) is 0 Å². The standard InChI is InChI=1S/C12H16O4S/c1-17(13,14)16-12-8-7-11(12)15-9-10-5-3-2-4-6-10/h2-6,11-12H,7-9H2,1H3/t11-,12?/m0/s1. The molecule has 1 aliphatic rings. The van der Waals surface area contributed by atoms with E-state index >= 15 is 0 Å². The minimum atomic E-state index is -3.38. The molecule has 1 aromatic rings. The fourth-order valence-electron chi connectivity index (χ4n) is 1.74. The van der Waals surface area contributed by atoms with E-state index < -0.39 is 10.1 Å². The van der Waals surface area contributed by atoms with Crippen molar-refractivity contribution in [3.8, 4) is 0 Å². The molecule has 1 aromatic carbocycles. The van der Waals surface area contributed by atoms with Crippen LogP contribution in [0.15, 0.2) is 30.3 Å². The molecule has 0 bridgehead atoms. The zero-order valence-corrected chi connectivity index (χ0v) is 10.5. The van der Waals surface area contributed by atoms with Crippen molar-refractivity contribution in [3.05, 3.63) is 35.9 Å². The van der Waals surface area contributed by atoms with Gasteiger partial charge in [-0.1, -0.05) is 30.3 Å². The summed E-state index contributed by atoms with van der Waals surface area (Å²) in [7, 11) is -3.38. The Balaban J connectivity index is 1.81. The summed E-state index contributed by atoms with van der Waals surface area (Å²) in [6.07, 6.45) is 2.25. The first-order valence-electron chi connectivity index (χ1n) is 5.58. The van der Waals surface area contributed by atoms with Crippen LogP contribution in [0.2, 0.25) is 0 Å². The minimum absolute atomic E-state index is 0.107. The molecule has 4 nitrogen and oxygen atoms in total. The van der Waals surface area contributed by atoms with Crippen molar-refractivity contribution in [3.63, 3.8) is 0 Å². The van der Waals surface area contributed by atoms with E-state index in [-0.39, 0.29) is 12.2 Å². The minimum Gasteiger partial charge on any atom is -0.371 e. The van der Waals surface area contributed by atoms with Crippen LogP contribution in [0, 0.1) is 0 Å². The summed E-state index contributed by atoms with van der Waals surface area (Å²) in [6, 6.07) is 9.80. The van der Waals surface area contributed by atoms with Crippen LogP contribution in [0.1, 0.15) is 18.4 Å². The van der Waals surface area contributed by atoms with E-state index in [9.17, 15) is 8.42 Å². The van der Waals surface area contributed by atoms with Gasteiger partial charge in [0, 0.05) is 0 Å². The van der Waals surface area contributed by atoms with Crippen LogP contribution in [0.3, 0.4) is 0 Å². The molecule has 0 amide bonds. The monoisotopic (exact) mass is 256 g/mol. The van der Waals surface area contributed by atoms with Gasteiger partial charge in [-0.2, -0.15) is 8.42 Å². The van der Waals surface area contributed by atoms with Gasteiger partial charge in [-0.15, -0.1) is 0 Å². The maximum atomic E-state index is 11.0. The highest BCUT2D eigenvalue weighted by Gasteiger charge is 2.35. The van der Waals surface area contributed by atoms with Crippen LogP contribution >= 0.6 is 0 Å². The van der Waals surface area contributed by atoms with Crippen molar-refractivity contribution >= 4 is 10.1 Å². The average Bonchev–Trinajstić information content (AvgIpc) is 2.25. The molecule has 17 heavy (non-hydrogen) atoms. The fraction of sp³-hybridized carbons (Fsp3) is 0.500. The zero-order chi connectivity index (χ0) is 12.3. The summed E-state index contributed by atoms with van der Waals surface area (Å²) < 4.78 is 32.5. The van der Waals surface area contributed by atoms with Crippen LogP contribution in [0.4, 0.5) is 0 Å². The highest BCUT2D eigenvalue weighted by atomic mass is 32.2. The molecular weight excluding hydrogens is 240 g/mol. The van der Waals surface area contributed by atoms with Crippen molar-refractivity contribution < 1.29 is 17.3 Å². The molecule has 94 valence electrons. The third-order valence-corrected chi connectivity index (χ3v) is 3.35. The Kier molecular flexibility index (Phi) is 3.81. The second-order valence-electron chi connectivity index (χ2n) is 4.25. The van der Waals surface area contributed by atoms with Crippen LogP contribution in [-0.4, -0.2) is 26.9 Å². The van der Waals surface area contributed by atoms with E-state index in [0.29, 0.717) is 6.61 Å². The van der Waals surface area contributed by atoms with Crippen LogP contribution < -0.4 is 0 Å². The predicted octanol–water partition coefficient (Wildman–Crippen LogP) is 1.71. The first-order valence-corrected chi connectivity index (χ1v) is 7.40. The Bertz CT molecular complexity index is 455. The van der Waals surface area contributed by atoms with Gasteiger partial charge in [-0.3, -0.25) is 4.18 Å². The van der Waals surface area contributed by atoms with Gasteiger partial charge in [0.05, 0.1) is 19.0 Å². The van der Waals surface area contributed by atoms with E-state index in [1.165, 1.54) is 0 Å². The lowest BCUT2D eigenvalue weighted by molar-refractivity contribution is -0.0889. The second kappa shape index (κ2) is 5.16. The Labute approximate surface area is 102 Å². The largest absolute Gasteiger partial charge is 0.371 e. The molecule has 2 rings (SSSR count). The van der Waals surface area contributed by atoms with E-state index in [0.717, 1.165) is 24.7 Å². The molecular formula is C12H16O4S. The molecule has 1 unspecified atom stereocenters. The summed E-state index contributed by atoms with van der Waals surface area (Å²) in [5.74, 6) is 0. The maximum Gasteiger partial charge on any atom is 0.264 e. The molecule has 0 saturated heterocycles. The molecule has 1 saturated carbocycles. The van der Waals surface area contributed by atoms with E-state index in [2.05, 4.69) is 0 Å². The Hall–Kier alpha value is -0.910. The lowest BCUT2D eigenvalue weighted by Crippen LogP contribution is -2.42. The van der Waals surface area contributed by atoms with Crippen molar-refractivity contribution in [2.75, 3.05) is 6.26 Å². The summed E-state index contributed by atoms with van der Waals surface area (Å²) in [5.41, 5.74) is 1.08. The SMILES string of the molecule is CS(=O)(=O)OC1CC[C@@H]1OCc1ccccc1. The molecule has 0 aromatic heterocycles. The van der Waals surface area contributed by atoms with Crippen molar-refractivity contribution in [1.29, 1.82) is 0 Å². The topological polar surface area (TPSA) is 52.6 Å². The van der Waals surface area contributed by atoms with Gasteiger partial charge < -0.3 is 4.74 Å². The summed E-state index contributed by atoms with van der Waals surface area (Å²) in [4.78, 5) is 0. The third kappa shape index (κ3) is 3.80. The molecule has 5 heteroatoms. The molecule has 0 heterocycles. The second-order valence-corrected chi connectivity index (χ2v) is 5.85. The Morgan fingerprint density at radius 1 is 1.18 bits per heavy atom. The molecule has 0 radical (unpaired) electrons. The number of benzene rings is 1. The van der Waals surface area contributed by atoms with Gasteiger partial charge in [0.2, 0.25) is 0 Å². The lowest BCUT2D eigenvalue weighted by atomic mass is 9.92. The first-order chi connectivity index (χ1) is 8.04. The fourth-order valence-corrected chi connectivity index (χ4v) is 2.41. The van der Waals surface area contributed by atoms with Crippen LogP contribution in [0.5, 0.6) is 0 Å². The normalized spacial score (nSPS) is 24.3. The first kappa shape index (κ1) is 12.5. The number of hydrogen-bond donors (Lipinski definition) is 0. The maximum absolute atomic E-state index is 11.0. The Morgan fingerprint density at radius 2 is 1.82 bits per heavy atom. The molecule has 0 aliphatic heterocycles. The molecule has 2 atom stereocenters. The van der Waals surface area contributed by atoms with Gasteiger partial charge in [0.1, 0.15) is 6.10 Å². The van der Waals surface area contributed by atoms with Gasteiger partial charge in [0.25, 0.3) is 10.1 Å². The predicted molar refractivity (Wildman–Crippen MR) is 64.0 cm³/mol. The number of rotatable bonds is 5. The van der Waals surface area contributed by atoms with Crippen LogP contribution in [-0.2, 0) is 25.6 Å². The molecule has 1 fully saturated rings. The van der Waals surface area contributed by atoms with E-state index in [4.69, 9.17) is 8.92 Å². The third-order valence-electron chi connectivity index (χ3n) is 2.76. The van der Waals surface area contributed by atoms with Gasteiger partial charge in [0.15, 0.2) is 0 Å². The molecule has 0 spiro atoms. The molecule has 0 N–H and O–H groups in total. The Morgan fingerprint density at radius 3 is 2.35 bits per heavy atom. The van der Waals surface area contributed by atoms with E-state index in [1.807, 2.05) is 30.3 Å². The summed E-state index contributed by atoms with van der Waals surface area (Å²) in [6.45, 7) is 0.495. The number of ether oxygens (including phenoxy) is 1. The van der Waals surface area contributed by atoms with Crippen molar-refractivity contribution in [2.24, 2.45) is 0 Å². The summed E-state index contributed by atoms with van der Waals surface area (Å²) >= 11 is 0. The molecule has 1 aliphatic carbocycles. The quantitative estimate of drug-likeness (QED) is 0.753. The van der Waals surface area contributed by atoms with E-state index in [1.54, 1.807) is 0 Å². The zero-order valence-electron chi connectivity index (χ0n) is 9.70. The lowest BCUT2D eigenvalue weighted by Gasteiger charge is -2.34.